The highest BCUT2D eigenvalue weighted by Crippen LogP contribution is 2.44. The van der Waals surface area contributed by atoms with Crippen LogP contribution in [0.4, 0.5) is 9.59 Å². The van der Waals surface area contributed by atoms with Gasteiger partial charge in [0.15, 0.2) is 6.10 Å². The van der Waals surface area contributed by atoms with E-state index >= 15 is 4.79 Å². The van der Waals surface area contributed by atoms with Crippen LogP contribution in [0.1, 0.15) is 136 Å². The fourth-order valence-electron chi connectivity index (χ4n) is 11.9. The van der Waals surface area contributed by atoms with Gasteiger partial charge in [-0.25, -0.2) is 44.5 Å². The summed E-state index contributed by atoms with van der Waals surface area (Å²) in [6.07, 6.45) is -3.87. The quantitative estimate of drug-likeness (QED) is 0.0452. The molecule has 12 N–H and O–H groups in total. The number of aromatic hydroxyl groups is 1. The van der Waals surface area contributed by atoms with E-state index in [4.69, 9.17) is 35.1 Å². The van der Waals surface area contributed by atoms with Gasteiger partial charge in [0.25, 0.3) is 23.6 Å². The van der Waals surface area contributed by atoms with Gasteiger partial charge in [0.1, 0.15) is 107 Å². The van der Waals surface area contributed by atoms with Crippen molar-refractivity contribution in [3.63, 3.8) is 0 Å². The Kier molecular flexibility index (Phi) is 22.1. The highest BCUT2D eigenvalue weighted by atomic mass is 32.1. The van der Waals surface area contributed by atoms with Gasteiger partial charge in [-0.15, -0.1) is 68.0 Å². The maximum absolute atomic E-state index is 15.7. The number of thiazole rings is 6. The predicted octanol–water partition coefficient (Wildman–Crippen LogP) is 7.30. The van der Waals surface area contributed by atoms with E-state index in [1.54, 1.807) is 84.6 Å². The summed E-state index contributed by atoms with van der Waals surface area (Å²) in [6.45, 7) is 1.30. The Hall–Kier alpha value is -11.1. The molecule has 9 heterocycles. The summed E-state index contributed by atoms with van der Waals surface area (Å²) in [7, 11) is 0. The molecule has 1 saturated carbocycles. The molecule has 538 valence electrons. The van der Waals surface area contributed by atoms with E-state index in [2.05, 4.69) is 46.9 Å². The largest absolute Gasteiger partial charge is 0.508 e. The fourth-order valence-corrected chi connectivity index (χ4v) is 17.2. The molecule has 1 saturated heterocycles. The van der Waals surface area contributed by atoms with E-state index in [1.807, 2.05) is 0 Å². The number of pyridine rings is 1. The van der Waals surface area contributed by atoms with Gasteiger partial charge in [-0.05, 0) is 68.0 Å². The fraction of sp³-hybridized carbons (Fsp3) is 0.303. The number of hydrogen-bond donors (Lipinski definition) is 11. The van der Waals surface area contributed by atoms with Crippen molar-refractivity contribution in [3.05, 3.63) is 147 Å². The molecule has 12 rings (SSSR count). The molecular weight excluding hydrogens is 1470 g/mol. The standard InChI is InChI=1S/C66H61N15O17S6/c1-28-44(97-65(95)68-20-46(84)85)22-81-51(28)62-78-43(27-103-62)59-74-39(23-100-59)49-35(16-17-36(71-49)58-76-40(25-101-58)53(88)70-33-12-10-32(11-13-33)64(93)94)57-75-41(24-99-57)54(89)72-37(19-45(67)83)60-80-48(29(2)104-60)56(91)79-50(52(31-6-4-3-5-7-31)98-66(96)69-21-47(86)87)61-77-42(26-102-61)55(90)73-38(63(81)92)18-30-8-14-34(82)15-9-30/h3-9,14-17,23-28,32-33,37-38,44,50-52,82H,10-13,18-22H2,1-2H3,(H2,67,83)(H,68,95)(H,69,96)(H,70,88)(H,72,89)(H,73,90)(H,79,91)(H,84,85)(H,86,87)(H,93,94)/t28-,32-,33-,37-,38-,44-,50-,51-,52+/m0/s1. The number of phenols is 1. The van der Waals surface area contributed by atoms with Crippen LogP contribution in [0.25, 0.3) is 43.4 Å². The number of phenolic OH excluding ortho intramolecular Hbond substituents is 1. The van der Waals surface area contributed by atoms with Crippen LogP contribution in [-0.4, -0.2) is 164 Å². The number of rotatable bonds is 16. The van der Waals surface area contributed by atoms with Gasteiger partial charge < -0.3 is 72.4 Å². The Bertz CT molecular complexity index is 4800. The number of aryl methyl sites for hydroxylation is 1. The lowest BCUT2D eigenvalue weighted by atomic mass is 9.86. The zero-order valence-corrected chi connectivity index (χ0v) is 59.4. The number of primary amides is 1. The molecule has 2 fully saturated rings. The van der Waals surface area contributed by atoms with Crippen LogP contribution in [0.3, 0.4) is 0 Å². The van der Waals surface area contributed by atoms with Crippen molar-refractivity contribution < 1.29 is 82.6 Å². The van der Waals surface area contributed by atoms with Crippen molar-refractivity contribution in [1.82, 2.24) is 71.7 Å². The SMILES string of the molecule is Cc1sc2nc1C(=O)N[C@@H]([C@H](OC(=O)NCC(=O)O)c1ccccc1)c1nc(cs1)C(=O)N[C@@H](Cc1ccc(O)cc1)C(=O)N1C[C@H](OC(=O)NCC(=O)O)[C@H](C)[C@H]1c1nc(cs1)-c1nc(cs1)-c1nc(-c3nc(C(=O)N[C@H]4CC[C@H](C(=O)O)CC4)cs3)ccc1-c1nc(cs1)C(=O)N[C@H]2CC(N)=O. The minimum atomic E-state index is -1.53. The van der Waals surface area contributed by atoms with E-state index < -0.39 is 133 Å². The van der Waals surface area contributed by atoms with Crippen LogP contribution in [0.2, 0.25) is 0 Å². The number of carboxylic acid groups (broad SMARTS) is 3. The Balaban J connectivity index is 0.964. The van der Waals surface area contributed by atoms with Crippen molar-refractivity contribution >= 4 is 134 Å². The van der Waals surface area contributed by atoms with Crippen molar-refractivity contribution in [3.8, 4) is 49.1 Å². The molecule has 0 unspecified atom stereocenters. The zero-order chi connectivity index (χ0) is 73.6. The summed E-state index contributed by atoms with van der Waals surface area (Å²) in [5, 5.41) is 63.6. The van der Waals surface area contributed by atoms with Gasteiger partial charge in [0, 0.05) is 55.7 Å². The van der Waals surface area contributed by atoms with E-state index in [-0.39, 0.29) is 78.7 Å². The number of alkyl carbamates (subject to hydrolysis) is 2. The predicted molar refractivity (Wildman–Crippen MR) is 377 cm³/mol. The Labute approximate surface area is 612 Å². The van der Waals surface area contributed by atoms with E-state index in [9.17, 15) is 68.4 Å². The molecule has 38 heteroatoms. The number of nitrogens with one attached hydrogen (secondary N) is 6. The topological polar surface area (TPSA) is 479 Å². The first kappa shape index (κ1) is 72.7. The number of carboxylic acids is 3. The normalized spacial score (nSPS) is 20.1. The number of nitrogens with zero attached hydrogens (tertiary/aromatic N) is 8. The number of carbonyl (C=O) groups is 11. The summed E-state index contributed by atoms with van der Waals surface area (Å²) in [5.74, 6) is -9.61. The third-order valence-electron chi connectivity index (χ3n) is 17.1. The monoisotopic (exact) mass is 1530 g/mol. The second kappa shape index (κ2) is 31.7. The lowest BCUT2D eigenvalue weighted by Crippen LogP contribution is -2.50. The van der Waals surface area contributed by atoms with Crippen molar-refractivity contribution in [2.75, 3.05) is 19.6 Å². The van der Waals surface area contributed by atoms with Crippen molar-refractivity contribution in [1.29, 1.82) is 0 Å². The number of ether oxygens (including phenoxy) is 2. The highest BCUT2D eigenvalue weighted by molar-refractivity contribution is 7.15. The number of amides is 8. The number of aliphatic carboxylic acids is 3. The first-order valence-electron chi connectivity index (χ1n) is 31.9. The van der Waals surface area contributed by atoms with Gasteiger partial charge in [-0.3, -0.25) is 43.2 Å². The second-order valence-corrected chi connectivity index (χ2v) is 29.8. The molecule has 10 bridgehead atoms. The molecule has 1 aliphatic carbocycles. The number of nitrogens with two attached hydrogens (primary N) is 1. The number of aromatic nitrogens is 7. The molecule has 0 radical (unpaired) electrons. The molecule has 2 aromatic carbocycles. The van der Waals surface area contributed by atoms with Crippen LogP contribution in [0, 0.1) is 18.8 Å². The van der Waals surface area contributed by atoms with E-state index in [0.717, 1.165) is 56.7 Å². The first-order valence-corrected chi connectivity index (χ1v) is 37.1. The Morgan fingerprint density at radius 1 is 0.635 bits per heavy atom. The zero-order valence-electron chi connectivity index (χ0n) is 54.5. The van der Waals surface area contributed by atoms with Gasteiger partial charge in [0.2, 0.25) is 11.8 Å². The van der Waals surface area contributed by atoms with Crippen LogP contribution in [-0.2, 0) is 39.9 Å². The molecule has 2 aliphatic heterocycles. The van der Waals surface area contributed by atoms with Crippen LogP contribution in [0.5, 0.6) is 5.75 Å². The Morgan fingerprint density at radius 2 is 1.26 bits per heavy atom. The third-order valence-corrected chi connectivity index (χ3v) is 22.6. The number of hydrogen-bond acceptors (Lipinski definition) is 27. The van der Waals surface area contributed by atoms with E-state index in [1.165, 1.54) is 39.1 Å². The van der Waals surface area contributed by atoms with Crippen molar-refractivity contribution in [2.24, 2.45) is 17.6 Å². The maximum Gasteiger partial charge on any atom is 0.408 e. The van der Waals surface area contributed by atoms with Gasteiger partial charge in [-0.2, -0.15) is 0 Å². The Morgan fingerprint density at radius 3 is 1.97 bits per heavy atom. The molecule has 32 nitrogen and oxygen atoms in total. The van der Waals surface area contributed by atoms with E-state index in [0.29, 0.717) is 68.9 Å². The van der Waals surface area contributed by atoms with Crippen molar-refractivity contribution in [2.45, 2.75) is 94.8 Å². The number of fused-ring (bicyclic) bond motifs is 16. The molecule has 7 aromatic heterocycles. The molecule has 8 amide bonds. The average molecular weight is 1530 g/mol. The number of benzene rings is 2. The molecular formula is C66H61N15O17S6. The first-order chi connectivity index (χ1) is 49.9. The highest BCUT2D eigenvalue weighted by Gasteiger charge is 2.48. The molecule has 3 aliphatic rings. The average Bonchev–Trinajstić information content (AvgIpc) is 1.61. The van der Waals surface area contributed by atoms with Gasteiger partial charge in [0.05, 0.1) is 36.7 Å². The third kappa shape index (κ3) is 16.9. The molecule has 104 heavy (non-hydrogen) atoms. The minimum absolute atomic E-state index is 0.0580. The maximum atomic E-state index is 15.7. The van der Waals surface area contributed by atoms with Gasteiger partial charge >= 0.3 is 30.1 Å². The second-order valence-electron chi connectivity index (χ2n) is 24.2. The van der Waals surface area contributed by atoms with Crippen LogP contribution in [0.15, 0.2) is 93.6 Å². The van der Waals surface area contributed by atoms with Crippen LogP contribution >= 0.6 is 68.0 Å². The summed E-state index contributed by atoms with van der Waals surface area (Å²) in [4.78, 5) is 184. The summed E-state index contributed by atoms with van der Waals surface area (Å²) in [6, 6.07) is 11.7. The van der Waals surface area contributed by atoms with Crippen LogP contribution < -0.4 is 37.6 Å². The lowest BCUT2D eigenvalue weighted by molar-refractivity contribution is -0.143. The number of carbonyl (C=O) groups excluding carboxylic acids is 8. The minimum Gasteiger partial charge on any atom is -0.508 e. The lowest BCUT2D eigenvalue weighted by Gasteiger charge is -2.29. The van der Waals surface area contributed by atoms with Gasteiger partial charge in [-0.1, -0.05) is 49.4 Å². The summed E-state index contributed by atoms with van der Waals surface area (Å²) in [5.41, 5.74) is 7.57. The smallest absolute Gasteiger partial charge is 0.408 e. The summed E-state index contributed by atoms with van der Waals surface area (Å²) >= 11 is 6.32. The molecule has 9 aromatic rings. The molecule has 7 atom stereocenters. The molecule has 0 spiro atoms. The summed E-state index contributed by atoms with van der Waals surface area (Å²) < 4.78 is 11.7.